The van der Waals surface area contributed by atoms with E-state index in [2.05, 4.69) is 0 Å². The Labute approximate surface area is 193 Å². The van der Waals surface area contributed by atoms with Crippen LogP contribution in [-0.4, -0.2) is 68.8 Å². The molecule has 2 amide bonds. The fourth-order valence-corrected chi connectivity index (χ4v) is 5.77. The van der Waals surface area contributed by atoms with Crippen molar-refractivity contribution in [3.05, 3.63) is 54.1 Å². The van der Waals surface area contributed by atoms with Crippen LogP contribution in [0.4, 0.5) is 0 Å². The van der Waals surface area contributed by atoms with Crippen LogP contribution in [0.1, 0.15) is 24.3 Å². The van der Waals surface area contributed by atoms with Crippen molar-refractivity contribution in [1.29, 1.82) is 0 Å². The van der Waals surface area contributed by atoms with E-state index in [4.69, 9.17) is 9.47 Å². The molecular weight excluding hydrogens is 444 g/mol. The fourth-order valence-electron chi connectivity index (χ4n) is 4.52. The maximum Gasteiger partial charge on any atom is 0.231 e. The van der Waals surface area contributed by atoms with Crippen LogP contribution in [0.15, 0.2) is 53.4 Å². The lowest BCUT2D eigenvalue weighted by atomic mass is 10.1. The molecule has 2 unspecified atom stereocenters. The molecule has 2 aliphatic heterocycles. The van der Waals surface area contributed by atoms with E-state index < -0.39 is 9.84 Å². The minimum Gasteiger partial charge on any atom is -0.454 e. The van der Waals surface area contributed by atoms with E-state index in [0.29, 0.717) is 26.2 Å². The predicted molar refractivity (Wildman–Crippen MR) is 120 cm³/mol. The zero-order chi connectivity index (χ0) is 23.0. The molecule has 2 aromatic rings. The van der Waals surface area contributed by atoms with Gasteiger partial charge in [-0.1, -0.05) is 24.3 Å². The van der Waals surface area contributed by atoms with Gasteiger partial charge in [-0.15, -0.1) is 0 Å². The summed E-state index contributed by atoms with van der Waals surface area (Å²) in [5.74, 6) is 1.33. The van der Waals surface area contributed by atoms with E-state index in [1.165, 1.54) is 0 Å². The maximum absolute atomic E-state index is 13.0. The summed E-state index contributed by atoms with van der Waals surface area (Å²) in [6.45, 7) is 2.03. The van der Waals surface area contributed by atoms with Gasteiger partial charge in [-0.2, -0.15) is 0 Å². The van der Waals surface area contributed by atoms with Crippen molar-refractivity contribution in [1.82, 2.24) is 9.80 Å². The number of ether oxygens (including phenoxy) is 2. The highest BCUT2D eigenvalue weighted by Gasteiger charge is 2.46. The third-order valence-electron chi connectivity index (χ3n) is 6.56. The van der Waals surface area contributed by atoms with Crippen LogP contribution in [0.2, 0.25) is 0 Å². The largest absolute Gasteiger partial charge is 0.454 e. The summed E-state index contributed by atoms with van der Waals surface area (Å²) < 4.78 is 35.6. The van der Waals surface area contributed by atoms with Gasteiger partial charge in [0.25, 0.3) is 0 Å². The smallest absolute Gasteiger partial charge is 0.231 e. The van der Waals surface area contributed by atoms with E-state index in [0.717, 1.165) is 23.5 Å². The molecule has 5 rings (SSSR count). The van der Waals surface area contributed by atoms with Crippen LogP contribution in [0.3, 0.4) is 0 Å². The van der Waals surface area contributed by atoms with Crippen LogP contribution >= 0.6 is 0 Å². The van der Waals surface area contributed by atoms with Crippen molar-refractivity contribution >= 4 is 21.7 Å². The molecule has 33 heavy (non-hydrogen) atoms. The van der Waals surface area contributed by atoms with Gasteiger partial charge in [0.2, 0.25) is 18.6 Å². The molecule has 2 heterocycles. The second-order valence-electron chi connectivity index (χ2n) is 8.65. The summed E-state index contributed by atoms with van der Waals surface area (Å²) in [5, 5.41) is 0. The van der Waals surface area contributed by atoms with Crippen molar-refractivity contribution in [3.8, 4) is 11.5 Å². The number of sulfone groups is 1. The third kappa shape index (κ3) is 4.55. The topological polar surface area (TPSA) is 93.2 Å². The van der Waals surface area contributed by atoms with Crippen molar-refractivity contribution in [3.63, 3.8) is 0 Å². The Kier molecular flexibility index (Phi) is 5.74. The van der Waals surface area contributed by atoms with Crippen LogP contribution in [-0.2, 0) is 19.4 Å². The van der Waals surface area contributed by atoms with E-state index in [1.54, 1.807) is 35.2 Å². The molecule has 0 spiro atoms. The van der Waals surface area contributed by atoms with Crippen molar-refractivity contribution in [2.24, 2.45) is 5.92 Å². The summed E-state index contributed by atoms with van der Waals surface area (Å²) in [7, 11) is -3.49. The fraction of sp³-hybridized carbons (Fsp3) is 0.417. The standard InChI is InChI=1S/C24H26N2O6S/c27-23(8-13-33(29,30)18-4-2-1-3-5-18)25-9-11-26(12-10-25)24(28)20-15-19(20)17-6-7-21-22(14-17)32-16-31-21/h1-7,14,19-20H,8-13,15-16H2. The highest BCUT2D eigenvalue weighted by Crippen LogP contribution is 2.50. The van der Waals surface area contributed by atoms with Gasteiger partial charge in [-0.25, -0.2) is 8.42 Å². The zero-order valence-corrected chi connectivity index (χ0v) is 19.0. The minimum atomic E-state index is -3.49. The van der Waals surface area contributed by atoms with Gasteiger partial charge >= 0.3 is 0 Å². The predicted octanol–water partition coefficient (Wildman–Crippen LogP) is 2.05. The molecule has 8 nitrogen and oxygen atoms in total. The molecule has 2 fully saturated rings. The Bertz CT molecular complexity index is 1160. The molecule has 1 aliphatic carbocycles. The molecule has 3 aliphatic rings. The first kappa shape index (κ1) is 21.8. The van der Waals surface area contributed by atoms with E-state index in [9.17, 15) is 18.0 Å². The van der Waals surface area contributed by atoms with E-state index in [-0.39, 0.29) is 47.5 Å². The number of amides is 2. The first-order valence-electron chi connectivity index (χ1n) is 11.2. The quantitative estimate of drug-likeness (QED) is 0.642. The number of hydrogen-bond donors (Lipinski definition) is 0. The molecule has 1 saturated heterocycles. The Morgan fingerprint density at radius 1 is 0.909 bits per heavy atom. The lowest BCUT2D eigenvalue weighted by Crippen LogP contribution is -2.51. The average Bonchev–Trinajstić information content (AvgIpc) is 3.51. The lowest BCUT2D eigenvalue weighted by Gasteiger charge is -2.35. The first-order valence-corrected chi connectivity index (χ1v) is 12.8. The zero-order valence-electron chi connectivity index (χ0n) is 18.2. The van der Waals surface area contributed by atoms with Crippen LogP contribution in [0, 0.1) is 5.92 Å². The second kappa shape index (κ2) is 8.70. The lowest BCUT2D eigenvalue weighted by molar-refractivity contribution is -0.140. The number of piperazine rings is 1. The Balaban J connectivity index is 1.10. The van der Waals surface area contributed by atoms with Gasteiger partial charge in [0, 0.05) is 38.5 Å². The summed E-state index contributed by atoms with van der Waals surface area (Å²) in [5.41, 5.74) is 1.09. The first-order chi connectivity index (χ1) is 15.9. The summed E-state index contributed by atoms with van der Waals surface area (Å²) in [6, 6.07) is 14.0. The van der Waals surface area contributed by atoms with Crippen molar-refractivity contribution in [2.75, 3.05) is 38.7 Å². The molecule has 2 atom stereocenters. The second-order valence-corrected chi connectivity index (χ2v) is 10.8. The van der Waals surface area contributed by atoms with Gasteiger partial charge < -0.3 is 19.3 Å². The van der Waals surface area contributed by atoms with E-state index in [1.807, 2.05) is 23.1 Å². The highest BCUT2D eigenvalue weighted by atomic mass is 32.2. The SMILES string of the molecule is O=C(CCS(=O)(=O)c1ccccc1)N1CCN(C(=O)C2CC2c2ccc3c(c2)OCO3)CC1. The molecule has 9 heteroatoms. The number of nitrogens with zero attached hydrogens (tertiary/aromatic N) is 2. The maximum atomic E-state index is 13.0. The van der Waals surface area contributed by atoms with E-state index >= 15 is 0 Å². The number of fused-ring (bicyclic) bond motifs is 1. The van der Waals surface area contributed by atoms with Crippen molar-refractivity contribution in [2.45, 2.75) is 23.7 Å². The Morgan fingerprint density at radius 3 is 2.36 bits per heavy atom. The minimum absolute atomic E-state index is 0.0383. The van der Waals surface area contributed by atoms with Gasteiger partial charge in [0.05, 0.1) is 10.6 Å². The summed E-state index contributed by atoms with van der Waals surface area (Å²) in [4.78, 5) is 29.2. The molecule has 0 bridgehead atoms. The Morgan fingerprint density at radius 2 is 1.61 bits per heavy atom. The number of carbonyl (C=O) groups excluding carboxylic acids is 2. The van der Waals surface area contributed by atoms with Gasteiger partial charge in [-0.3, -0.25) is 9.59 Å². The average molecular weight is 471 g/mol. The highest BCUT2D eigenvalue weighted by molar-refractivity contribution is 7.91. The molecule has 2 aromatic carbocycles. The molecule has 0 aromatic heterocycles. The number of hydrogen-bond acceptors (Lipinski definition) is 6. The summed E-state index contributed by atoms with van der Waals surface area (Å²) >= 11 is 0. The van der Waals surface area contributed by atoms with Crippen LogP contribution in [0.5, 0.6) is 11.5 Å². The van der Waals surface area contributed by atoms with Crippen molar-refractivity contribution < 1.29 is 27.5 Å². The monoisotopic (exact) mass is 470 g/mol. The number of rotatable bonds is 6. The molecule has 1 saturated carbocycles. The Hall–Kier alpha value is -3.07. The van der Waals surface area contributed by atoms with Gasteiger partial charge in [0.15, 0.2) is 21.3 Å². The number of carbonyl (C=O) groups is 2. The number of benzene rings is 2. The normalized spacial score (nSPS) is 21.7. The van der Waals surface area contributed by atoms with Gasteiger partial charge in [0.1, 0.15) is 0 Å². The third-order valence-corrected chi connectivity index (χ3v) is 8.30. The molecular formula is C24H26N2O6S. The van der Waals surface area contributed by atoms with Crippen LogP contribution < -0.4 is 9.47 Å². The summed E-state index contributed by atoms with van der Waals surface area (Å²) in [6.07, 6.45) is 0.759. The molecule has 0 N–H and O–H groups in total. The molecule has 0 radical (unpaired) electrons. The molecule has 174 valence electrons. The van der Waals surface area contributed by atoms with Gasteiger partial charge in [-0.05, 0) is 42.2 Å². The van der Waals surface area contributed by atoms with Crippen LogP contribution in [0.25, 0.3) is 0 Å².